The number of nitrogens with zero attached hydrogens (tertiary/aromatic N) is 2. The highest BCUT2D eigenvalue weighted by molar-refractivity contribution is 5.98. The second-order valence-electron chi connectivity index (χ2n) is 27.8. The largest absolute Gasteiger partial charge is 0.310 e. The summed E-state index contributed by atoms with van der Waals surface area (Å²) in [6.45, 7) is 24.2. The number of para-hydroxylation sites is 2. The Labute approximate surface area is 500 Å². The van der Waals surface area contributed by atoms with Gasteiger partial charge in [0.1, 0.15) is 0 Å². The molecule has 3 aliphatic carbocycles. The summed E-state index contributed by atoms with van der Waals surface area (Å²) >= 11 is 0. The van der Waals surface area contributed by atoms with Gasteiger partial charge in [0.15, 0.2) is 0 Å². The molecule has 5 aliphatic rings. The Bertz CT molecular complexity index is 4940. The van der Waals surface area contributed by atoms with Crippen LogP contribution < -0.4 is 9.80 Å². The fourth-order valence-corrected chi connectivity index (χ4v) is 16.5. The van der Waals surface area contributed by atoms with Crippen LogP contribution in [0.3, 0.4) is 0 Å². The summed E-state index contributed by atoms with van der Waals surface area (Å²) in [4.78, 5) is 5.05. The van der Waals surface area contributed by atoms with Crippen molar-refractivity contribution >= 4 is 55.7 Å². The third kappa shape index (κ3) is 6.83. The van der Waals surface area contributed by atoms with Crippen molar-refractivity contribution in [2.45, 2.75) is 96.3 Å². The quantitative estimate of drug-likeness (QED) is 0.173. The predicted octanol–water partition coefficient (Wildman–Crippen LogP) is 22.5. The molecule has 0 fully saturated rings. The Morgan fingerprint density at radius 1 is 0.200 bits per heavy atom. The summed E-state index contributed by atoms with van der Waals surface area (Å²) < 4.78 is 0. The van der Waals surface area contributed by atoms with E-state index in [0.717, 1.165) is 0 Å². The molecule has 0 atom stereocenters. The maximum absolute atomic E-state index is 2.56. The molecule has 12 aromatic carbocycles. The maximum Gasteiger partial charge on any atom is 0.0509 e. The molecule has 0 saturated heterocycles. The van der Waals surface area contributed by atoms with Crippen molar-refractivity contribution in [3.05, 3.63) is 286 Å². The molecule has 0 spiro atoms. The summed E-state index contributed by atoms with van der Waals surface area (Å²) in [5, 5.41) is 5.01. The second-order valence-corrected chi connectivity index (χ2v) is 27.8. The first-order chi connectivity index (χ1) is 40.9. The van der Waals surface area contributed by atoms with Crippen LogP contribution in [0.2, 0.25) is 0 Å². The van der Waals surface area contributed by atoms with Crippen LogP contribution in [0, 0.1) is 0 Å². The number of hydrogen-bond donors (Lipinski definition) is 0. The molecule has 17 rings (SSSR count). The van der Waals surface area contributed by atoms with Gasteiger partial charge in [0.2, 0.25) is 0 Å². The van der Waals surface area contributed by atoms with E-state index in [1.54, 1.807) is 0 Å². The Kier molecular flexibility index (Phi) is 10.0. The smallest absolute Gasteiger partial charge is 0.0509 e. The van der Waals surface area contributed by atoms with Crippen molar-refractivity contribution in [3.63, 3.8) is 0 Å². The van der Waals surface area contributed by atoms with E-state index in [-0.39, 0.29) is 27.1 Å². The van der Waals surface area contributed by atoms with Gasteiger partial charge in [-0.25, -0.2) is 0 Å². The first-order valence-electron chi connectivity index (χ1n) is 30.6. The molecule has 0 bridgehead atoms. The van der Waals surface area contributed by atoms with Crippen molar-refractivity contribution in [1.82, 2.24) is 0 Å². The Balaban J connectivity index is 0.705. The normalized spacial score (nSPS) is 16.8. The summed E-state index contributed by atoms with van der Waals surface area (Å²) in [6, 6.07) is 88.7. The average molecular weight is 1090 g/mol. The molecule has 0 unspecified atom stereocenters. The van der Waals surface area contributed by atoms with E-state index in [4.69, 9.17) is 0 Å². The van der Waals surface area contributed by atoms with Crippen molar-refractivity contribution in [3.8, 4) is 55.6 Å². The molecule has 0 N–H and O–H groups in total. The van der Waals surface area contributed by atoms with E-state index in [0.29, 0.717) is 0 Å². The van der Waals surface area contributed by atoms with Gasteiger partial charge in [-0.1, -0.05) is 221 Å². The summed E-state index contributed by atoms with van der Waals surface area (Å²) in [5.74, 6) is 0. The van der Waals surface area contributed by atoms with E-state index in [1.807, 2.05) is 0 Å². The first kappa shape index (κ1) is 50.3. The molecule has 0 radical (unpaired) electrons. The van der Waals surface area contributed by atoms with Gasteiger partial charge >= 0.3 is 0 Å². The van der Waals surface area contributed by atoms with Crippen LogP contribution in [0.4, 0.5) is 34.1 Å². The predicted molar refractivity (Wildman–Crippen MR) is 359 cm³/mol. The highest BCUT2D eigenvalue weighted by Gasteiger charge is 2.45. The van der Waals surface area contributed by atoms with Crippen molar-refractivity contribution in [1.29, 1.82) is 0 Å². The van der Waals surface area contributed by atoms with Crippen molar-refractivity contribution < 1.29 is 0 Å². The summed E-state index contributed by atoms with van der Waals surface area (Å²) in [6.07, 6.45) is 0. The van der Waals surface area contributed by atoms with Gasteiger partial charge in [0.25, 0.3) is 0 Å². The van der Waals surface area contributed by atoms with E-state index in [1.165, 1.54) is 167 Å². The van der Waals surface area contributed by atoms with Crippen LogP contribution in [-0.4, -0.2) is 0 Å². The molecule has 2 heteroatoms. The molecule has 85 heavy (non-hydrogen) atoms. The van der Waals surface area contributed by atoms with E-state index < -0.39 is 0 Å². The minimum absolute atomic E-state index is 0.194. The zero-order chi connectivity index (χ0) is 57.8. The zero-order valence-electron chi connectivity index (χ0n) is 50.3. The lowest BCUT2D eigenvalue weighted by molar-refractivity contribution is 0.620. The van der Waals surface area contributed by atoms with Gasteiger partial charge in [-0.05, 0) is 212 Å². The van der Waals surface area contributed by atoms with Gasteiger partial charge in [-0.3, -0.25) is 0 Å². The minimum Gasteiger partial charge on any atom is -0.310 e. The van der Waals surface area contributed by atoms with Crippen LogP contribution >= 0.6 is 0 Å². The minimum atomic E-state index is -0.216. The molecule has 410 valence electrons. The number of fused-ring (bicyclic) bond motifs is 15. The highest BCUT2D eigenvalue weighted by atomic mass is 15.2. The van der Waals surface area contributed by atoms with Crippen LogP contribution in [0.25, 0.3) is 77.2 Å². The molecule has 0 amide bonds. The molecule has 0 saturated carbocycles. The molecule has 0 aromatic heterocycles. The molecule has 2 heterocycles. The topological polar surface area (TPSA) is 6.48 Å². The number of rotatable bonds is 4. The third-order valence-electron chi connectivity index (χ3n) is 21.4. The summed E-state index contributed by atoms with van der Waals surface area (Å²) in [5.41, 5.74) is 33.3. The molecular weight excluding hydrogens is 1020 g/mol. The maximum atomic E-state index is 2.56. The SMILES string of the molecule is CC1(C)c2cc(-c3ccc4c(c3)C(C)(C)c3cc5c(cc3-4)C(C)(C)c3ccccc3N5c3ccc4ccccc4c3)ccc2-c2ccc(-c3ccc4c(c3)C(C)(C)c3cc5c(cc3-4)N(c3ccc4ccccc4c3)c3ccccc3C5(C)C)cc21. The number of hydrogen-bond acceptors (Lipinski definition) is 2. The van der Waals surface area contributed by atoms with Gasteiger partial charge < -0.3 is 9.80 Å². The Hall–Kier alpha value is -9.24. The standard InChI is InChI=1S/C83H68N2/c1-79(2)65-23-15-18-26-76(65)85(58-34-28-50-20-12-14-22-52(50)40-58)78-48-72-63(45-73(78)79)61-37-31-55(43-69(61)83(72,9)10)53-29-35-59-60-36-30-54(42-68(60)81(5,6)67(59)41-53)56-32-38-62-64-46-77-74(47-71(64)82(7,8)70(62)44-56)80(3,4)66-24-16-17-25-75(66)84(77)57-33-27-49-19-11-13-21-51(49)39-57/h11-48H,1-10H3. The molecular formula is C83H68N2. The van der Waals surface area contributed by atoms with Gasteiger partial charge in [0.05, 0.1) is 22.7 Å². The van der Waals surface area contributed by atoms with Crippen molar-refractivity contribution in [2.24, 2.45) is 0 Å². The lowest BCUT2D eigenvalue weighted by Crippen LogP contribution is -2.31. The second kappa shape index (κ2) is 17.0. The zero-order valence-corrected chi connectivity index (χ0v) is 50.3. The number of anilines is 6. The van der Waals surface area contributed by atoms with E-state index in [2.05, 4.69) is 310 Å². The lowest BCUT2D eigenvalue weighted by Gasteiger charge is -2.43. The fourth-order valence-electron chi connectivity index (χ4n) is 16.5. The Morgan fingerprint density at radius 3 is 0.953 bits per heavy atom. The summed E-state index contributed by atoms with van der Waals surface area (Å²) in [7, 11) is 0. The highest BCUT2D eigenvalue weighted by Crippen LogP contribution is 2.61. The van der Waals surface area contributed by atoms with Gasteiger partial charge in [0, 0.05) is 38.4 Å². The van der Waals surface area contributed by atoms with Gasteiger partial charge in [-0.15, -0.1) is 0 Å². The molecule has 2 nitrogen and oxygen atoms in total. The Morgan fingerprint density at radius 2 is 0.518 bits per heavy atom. The molecule has 2 aliphatic heterocycles. The average Bonchev–Trinajstić information content (AvgIpc) is 1.72. The van der Waals surface area contributed by atoms with Crippen molar-refractivity contribution in [2.75, 3.05) is 9.80 Å². The van der Waals surface area contributed by atoms with E-state index >= 15 is 0 Å². The molecule has 12 aromatic rings. The van der Waals surface area contributed by atoms with Crippen LogP contribution in [0.5, 0.6) is 0 Å². The van der Waals surface area contributed by atoms with E-state index in [9.17, 15) is 0 Å². The van der Waals surface area contributed by atoms with Gasteiger partial charge in [-0.2, -0.15) is 0 Å². The third-order valence-corrected chi connectivity index (χ3v) is 21.4. The van der Waals surface area contributed by atoms with Crippen LogP contribution in [0.15, 0.2) is 231 Å². The fraction of sp³-hybridized carbons (Fsp3) is 0.181. The van der Waals surface area contributed by atoms with Crippen LogP contribution in [0.1, 0.15) is 125 Å². The van der Waals surface area contributed by atoms with Crippen LogP contribution in [-0.2, 0) is 27.1 Å². The number of benzene rings is 12. The lowest BCUT2D eigenvalue weighted by atomic mass is 9.71. The first-order valence-corrected chi connectivity index (χ1v) is 30.6. The monoisotopic (exact) mass is 1090 g/mol.